The average Bonchev–Trinajstić information content (AvgIpc) is 2.97. The zero-order valence-electron chi connectivity index (χ0n) is 15.0. The molecule has 1 aliphatic rings. The summed E-state index contributed by atoms with van der Waals surface area (Å²) in [5.41, 5.74) is 5.28. The van der Waals surface area contributed by atoms with Crippen LogP contribution in [0.4, 0.5) is 5.69 Å². The van der Waals surface area contributed by atoms with Crippen LogP contribution in [0.1, 0.15) is 27.1 Å². The molecule has 28 heavy (non-hydrogen) atoms. The Morgan fingerprint density at radius 1 is 1.25 bits per heavy atom. The largest absolute Gasteiger partial charge is 0.480 e. The standard InChI is InChI=1S/C17H18N2O8S/c1-26-16(24)8-3-4-9(17(25)27-2)11(5-8)19-13(20)6-12(14(19)21)28-7-10(18)15(22)23/h3-5,10,12H,6-7,18H2,1-2H3,(H,22,23). The number of thioether (sulfide) groups is 1. The Balaban J connectivity index is 2.37. The highest BCUT2D eigenvalue weighted by molar-refractivity contribution is 8.00. The van der Waals surface area contributed by atoms with E-state index in [2.05, 4.69) is 9.47 Å². The second-order valence-corrected chi connectivity index (χ2v) is 6.99. The van der Waals surface area contributed by atoms with Crippen molar-refractivity contribution >= 4 is 47.2 Å². The van der Waals surface area contributed by atoms with E-state index in [4.69, 9.17) is 10.8 Å². The highest BCUT2D eigenvalue weighted by Crippen LogP contribution is 2.33. The van der Waals surface area contributed by atoms with Crippen molar-refractivity contribution in [3.8, 4) is 0 Å². The number of carboxylic acids is 1. The highest BCUT2D eigenvalue weighted by atomic mass is 32.2. The summed E-state index contributed by atoms with van der Waals surface area (Å²) in [5, 5.41) is 7.98. The van der Waals surface area contributed by atoms with Gasteiger partial charge in [0.2, 0.25) is 11.8 Å². The molecule has 1 fully saturated rings. The van der Waals surface area contributed by atoms with Crippen molar-refractivity contribution in [2.75, 3.05) is 24.9 Å². The Morgan fingerprint density at radius 2 is 1.89 bits per heavy atom. The summed E-state index contributed by atoms with van der Waals surface area (Å²) >= 11 is 0.940. The van der Waals surface area contributed by atoms with Crippen LogP contribution in [0.3, 0.4) is 0 Å². The van der Waals surface area contributed by atoms with Crippen molar-refractivity contribution in [1.29, 1.82) is 0 Å². The number of ether oxygens (including phenoxy) is 2. The van der Waals surface area contributed by atoms with Gasteiger partial charge in [0.15, 0.2) is 0 Å². The number of carboxylic acid groups (broad SMARTS) is 1. The molecule has 1 aliphatic heterocycles. The van der Waals surface area contributed by atoms with Gasteiger partial charge in [0.25, 0.3) is 0 Å². The third-order valence-corrected chi connectivity index (χ3v) is 5.29. The lowest BCUT2D eigenvalue weighted by Crippen LogP contribution is -2.35. The van der Waals surface area contributed by atoms with Crippen molar-refractivity contribution in [3.05, 3.63) is 29.3 Å². The van der Waals surface area contributed by atoms with Crippen LogP contribution in [0.15, 0.2) is 18.2 Å². The van der Waals surface area contributed by atoms with Gasteiger partial charge in [0.05, 0.1) is 36.3 Å². The summed E-state index contributed by atoms with van der Waals surface area (Å²) in [7, 11) is 2.31. The van der Waals surface area contributed by atoms with Crippen LogP contribution in [0.5, 0.6) is 0 Å². The molecule has 1 heterocycles. The van der Waals surface area contributed by atoms with E-state index in [0.29, 0.717) is 0 Å². The maximum Gasteiger partial charge on any atom is 0.339 e. The van der Waals surface area contributed by atoms with Crippen LogP contribution in [0.2, 0.25) is 0 Å². The molecule has 0 spiro atoms. The molecule has 1 aromatic carbocycles. The van der Waals surface area contributed by atoms with Crippen LogP contribution in [0, 0.1) is 0 Å². The van der Waals surface area contributed by atoms with Gasteiger partial charge < -0.3 is 20.3 Å². The molecule has 150 valence electrons. The molecular formula is C17H18N2O8S. The van der Waals surface area contributed by atoms with Gasteiger partial charge >= 0.3 is 17.9 Å². The first-order chi connectivity index (χ1) is 13.2. The van der Waals surface area contributed by atoms with Crippen LogP contribution in [0.25, 0.3) is 0 Å². The lowest BCUT2D eigenvalue weighted by Gasteiger charge is -2.19. The average molecular weight is 410 g/mol. The number of hydrogen-bond acceptors (Lipinski definition) is 9. The van der Waals surface area contributed by atoms with Gasteiger partial charge in [0, 0.05) is 12.2 Å². The predicted octanol–water partition coefficient (Wildman–Crippen LogP) is 0.0368. The number of esters is 2. The minimum atomic E-state index is -1.22. The van der Waals surface area contributed by atoms with E-state index >= 15 is 0 Å². The monoisotopic (exact) mass is 410 g/mol. The van der Waals surface area contributed by atoms with Crippen molar-refractivity contribution in [3.63, 3.8) is 0 Å². The summed E-state index contributed by atoms with van der Waals surface area (Å²) in [6.45, 7) is 0. The van der Waals surface area contributed by atoms with Gasteiger partial charge in [-0.15, -0.1) is 11.8 Å². The molecule has 10 nitrogen and oxygen atoms in total. The van der Waals surface area contributed by atoms with Gasteiger partial charge in [-0.1, -0.05) is 0 Å². The number of methoxy groups -OCH3 is 2. The number of carbonyl (C=O) groups is 5. The zero-order chi connectivity index (χ0) is 21.0. The third kappa shape index (κ3) is 4.31. The number of amides is 2. The lowest BCUT2D eigenvalue weighted by atomic mass is 10.1. The number of imide groups is 1. The fourth-order valence-electron chi connectivity index (χ4n) is 2.52. The summed E-state index contributed by atoms with van der Waals surface area (Å²) < 4.78 is 9.30. The molecule has 1 aromatic rings. The van der Waals surface area contributed by atoms with E-state index < -0.39 is 41.0 Å². The van der Waals surface area contributed by atoms with Gasteiger partial charge in [-0.25, -0.2) is 14.5 Å². The summed E-state index contributed by atoms with van der Waals surface area (Å²) in [5.74, 6) is -4.04. The Morgan fingerprint density at radius 3 is 2.46 bits per heavy atom. The second kappa shape index (κ2) is 8.85. The van der Waals surface area contributed by atoms with Crippen molar-refractivity contribution in [2.24, 2.45) is 5.73 Å². The van der Waals surface area contributed by atoms with Crippen LogP contribution in [-0.4, -0.2) is 66.1 Å². The van der Waals surface area contributed by atoms with Crippen LogP contribution < -0.4 is 10.6 Å². The molecule has 0 saturated carbocycles. The van der Waals surface area contributed by atoms with Gasteiger partial charge in [0.1, 0.15) is 6.04 Å². The Hall–Kier alpha value is -2.92. The molecule has 0 aliphatic carbocycles. The number of carbonyl (C=O) groups excluding carboxylic acids is 4. The minimum Gasteiger partial charge on any atom is -0.480 e. The van der Waals surface area contributed by atoms with E-state index in [9.17, 15) is 24.0 Å². The molecular weight excluding hydrogens is 392 g/mol. The van der Waals surface area contributed by atoms with E-state index in [1.54, 1.807) is 0 Å². The van der Waals surface area contributed by atoms with E-state index in [-0.39, 0.29) is 29.0 Å². The predicted molar refractivity (Wildman–Crippen MR) is 98.1 cm³/mol. The van der Waals surface area contributed by atoms with Crippen LogP contribution in [-0.2, 0) is 23.9 Å². The SMILES string of the molecule is COC(=O)c1ccc(C(=O)OC)c(N2C(=O)CC(SCC(N)C(=O)O)C2=O)c1. The molecule has 1 saturated heterocycles. The quantitative estimate of drug-likeness (QED) is 0.465. The summed E-state index contributed by atoms with van der Waals surface area (Å²) in [4.78, 5) is 60.7. The number of hydrogen-bond donors (Lipinski definition) is 2. The number of nitrogens with two attached hydrogens (primary N) is 1. The summed E-state index contributed by atoms with van der Waals surface area (Å²) in [6, 6.07) is 2.58. The summed E-state index contributed by atoms with van der Waals surface area (Å²) in [6.07, 6.45) is -0.196. The molecule has 2 rings (SSSR count). The van der Waals surface area contributed by atoms with Crippen LogP contribution >= 0.6 is 11.8 Å². The van der Waals surface area contributed by atoms with Gasteiger partial charge in [-0.05, 0) is 18.2 Å². The van der Waals surface area contributed by atoms with Gasteiger partial charge in [-0.3, -0.25) is 14.4 Å². The smallest absolute Gasteiger partial charge is 0.339 e. The van der Waals surface area contributed by atoms with Gasteiger partial charge in [-0.2, -0.15) is 0 Å². The third-order valence-electron chi connectivity index (χ3n) is 3.96. The lowest BCUT2D eigenvalue weighted by molar-refractivity contribution is -0.138. The molecule has 2 unspecified atom stereocenters. The first-order valence-electron chi connectivity index (χ1n) is 7.98. The minimum absolute atomic E-state index is 0.0368. The molecule has 0 radical (unpaired) electrons. The van der Waals surface area contributed by atoms with E-state index in [1.165, 1.54) is 25.3 Å². The number of anilines is 1. The normalized spacial score (nSPS) is 17.4. The highest BCUT2D eigenvalue weighted by Gasteiger charge is 2.42. The van der Waals surface area contributed by atoms with Crippen molar-refractivity contribution < 1.29 is 38.6 Å². The number of aliphatic carboxylic acids is 1. The molecule has 2 amide bonds. The fourth-order valence-corrected chi connectivity index (χ4v) is 3.61. The molecule has 3 N–H and O–H groups in total. The number of nitrogens with zero attached hydrogens (tertiary/aromatic N) is 1. The Kier molecular flexibility index (Phi) is 6.75. The topological polar surface area (TPSA) is 153 Å². The van der Waals surface area contributed by atoms with Crippen molar-refractivity contribution in [1.82, 2.24) is 0 Å². The fraction of sp³-hybridized carbons (Fsp3) is 0.353. The zero-order valence-corrected chi connectivity index (χ0v) is 15.9. The molecule has 2 atom stereocenters. The van der Waals surface area contributed by atoms with Crippen molar-refractivity contribution in [2.45, 2.75) is 17.7 Å². The first-order valence-corrected chi connectivity index (χ1v) is 9.03. The van der Waals surface area contributed by atoms with E-state index in [1.807, 2.05) is 0 Å². The second-order valence-electron chi connectivity index (χ2n) is 5.75. The Bertz CT molecular complexity index is 840. The number of benzene rings is 1. The Labute approximate surface area is 163 Å². The molecule has 11 heteroatoms. The first kappa shape index (κ1) is 21.4. The maximum absolute atomic E-state index is 12.7. The maximum atomic E-state index is 12.7. The molecule has 0 aromatic heterocycles. The van der Waals surface area contributed by atoms with E-state index in [0.717, 1.165) is 23.8 Å². The number of rotatable bonds is 7. The molecule has 0 bridgehead atoms.